The molecular weight excluding hydrogens is 250 g/mol. The predicted octanol–water partition coefficient (Wildman–Crippen LogP) is 3.77. The van der Waals surface area contributed by atoms with Gasteiger partial charge in [-0.25, -0.2) is 0 Å². The van der Waals surface area contributed by atoms with Crippen LogP contribution in [0.25, 0.3) is 0 Å². The Kier molecular flexibility index (Phi) is 4.69. The molecule has 0 radical (unpaired) electrons. The predicted molar refractivity (Wildman–Crippen MR) is 81.3 cm³/mol. The van der Waals surface area contributed by atoms with Gasteiger partial charge < -0.3 is 9.30 Å². The van der Waals surface area contributed by atoms with E-state index in [1.54, 1.807) is 7.11 Å². The standard InChI is InChI=1S/C17H27NO2/c1-13-10-14-15(11-17(2,3)12-16(14)19)18(13)8-6-5-7-9-20-4/h10H,5-9,11-12H2,1-4H3. The maximum Gasteiger partial charge on any atom is 0.165 e. The minimum Gasteiger partial charge on any atom is -0.385 e. The van der Waals surface area contributed by atoms with Gasteiger partial charge in [-0.05, 0) is 44.1 Å². The molecule has 112 valence electrons. The topological polar surface area (TPSA) is 31.2 Å². The Balaban J connectivity index is 2.09. The highest BCUT2D eigenvalue weighted by atomic mass is 16.5. The highest BCUT2D eigenvalue weighted by Crippen LogP contribution is 2.36. The van der Waals surface area contributed by atoms with Crippen molar-refractivity contribution in [3.8, 4) is 0 Å². The van der Waals surface area contributed by atoms with E-state index in [-0.39, 0.29) is 5.41 Å². The Labute approximate surface area is 122 Å². The number of Topliss-reactive ketones (excluding diaryl/α,β-unsaturated/α-hetero) is 1. The number of hydrogen-bond donors (Lipinski definition) is 0. The second-order valence-electron chi connectivity index (χ2n) is 6.79. The lowest BCUT2D eigenvalue weighted by Gasteiger charge is -2.30. The number of aryl methyl sites for hydroxylation is 1. The van der Waals surface area contributed by atoms with E-state index >= 15 is 0 Å². The zero-order valence-corrected chi connectivity index (χ0v) is 13.3. The summed E-state index contributed by atoms with van der Waals surface area (Å²) < 4.78 is 7.45. The van der Waals surface area contributed by atoms with Crippen molar-refractivity contribution >= 4 is 5.78 Å². The summed E-state index contributed by atoms with van der Waals surface area (Å²) in [5.41, 5.74) is 3.56. The van der Waals surface area contributed by atoms with Crippen molar-refractivity contribution in [2.75, 3.05) is 13.7 Å². The molecule has 0 aromatic carbocycles. The number of carbonyl (C=O) groups is 1. The molecule has 0 bridgehead atoms. The highest BCUT2D eigenvalue weighted by Gasteiger charge is 2.33. The van der Waals surface area contributed by atoms with Crippen molar-refractivity contribution in [3.63, 3.8) is 0 Å². The molecule has 2 rings (SSSR count). The fourth-order valence-electron chi connectivity index (χ4n) is 3.21. The van der Waals surface area contributed by atoms with Crippen LogP contribution < -0.4 is 0 Å². The van der Waals surface area contributed by atoms with Gasteiger partial charge in [0.25, 0.3) is 0 Å². The quantitative estimate of drug-likeness (QED) is 0.741. The average molecular weight is 277 g/mol. The van der Waals surface area contributed by atoms with Gasteiger partial charge in [0.15, 0.2) is 5.78 Å². The number of aromatic nitrogens is 1. The molecule has 1 heterocycles. The summed E-state index contributed by atoms with van der Waals surface area (Å²) in [5.74, 6) is 0.317. The molecule has 1 aromatic heterocycles. The third-order valence-electron chi connectivity index (χ3n) is 4.23. The van der Waals surface area contributed by atoms with Crippen molar-refractivity contribution in [1.82, 2.24) is 4.57 Å². The summed E-state index contributed by atoms with van der Waals surface area (Å²) >= 11 is 0. The lowest BCUT2D eigenvalue weighted by molar-refractivity contribution is 0.0910. The molecule has 1 aliphatic rings. The van der Waals surface area contributed by atoms with Crippen LogP contribution in [0.3, 0.4) is 0 Å². The number of ketones is 1. The number of rotatable bonds is 6. The van der Waals surface area contributed by atoms with Gasteiger partial charge in [0.05, 0.1) is 0 Å². The highest BCUT2D eigenvalue weighted by molar-refractivity contribution is 5.99. The Morgan fingerprint density at radius 3 is 2.70 bits per heavy atom. The molecule has 1 aliphatic carbocycles. The lowest BCUT2D eigenvalue weighted by atomic mass is 9.76. The van der Waals surface area contributed by atoms with Crippen molar-refractivity contribution in [2.45, 2.75) is 59.4 Å². The number of nitrogens with zero attached hydrogens (tertiary/aromatic N) is 1. The summed E-state index contributed by atoms with van der Waals surface area (Å²) in [4.78, 5) is 12.3. The zero-order chi connectivity index (χ0) is 14.8. The molecule has 0 spiro atoms. The van der Waals surface area contributed by atoms with E-state index < -0.39 is 0 Å². The maximum absolute atomic E-state index is 12.3. The van der Waals surface area contributed by atoms with E-state index in [4.69, 9.17) is 4.74 Å². The SMILES string of the molecule is COCCCCCn1c(C)cc2c1CC(C)(C)CC2=O. The van der Waals surface area contributed by atoms with Crippen LogP contribution in [0.4, 0.5) is 0 Å². The number of ether oxygens (including phenoxy) is 1. The fraction of sp³-hybridized carbons (Fsp3) is 0.706. The first-order valence-electron chi connectivity index (χ1n) is 7.66. The van der Waals surface area contributed by atoms with E-state index in [0.29, 0.717) is 12.2 Å². The first-order valence-corrected chi connectivity index (χ1v) is 7.66. The summed E-state index contributed by atoms with van der Waals surface area (Å²) in [6, 6.07) is 2.09. The van der Waals surface area contributed by atoms with Gasteiger partial charge >= 0.3 is 0 Å². The van der Waals surface area contributed by atoms with Crippen LogP contribution in [0, 0.1) is 12.3 Å². The van der Waals surface area contributed by atoms with Gasteiger partial charge in [0, 0.05) is 43.6 Å². The molecule has 1 aromatic rings. The van der Waals surface area contributed by atoms with Crippen LogP contribution in [0.5, 0.6) is 0 Å². The number of unbranched alkanes of at least 4 members (excludes halogenated alkanes) is 2. The second kappa shape index (κ2) is 6.13. The minimum atomic E-state index is 0.0999. The number of hydrogen-bond acceptors (Lipinski definition) is 2. The van der Waals surface area contributed by atoms with Crippen molar-refractivity contribution in [1.29, 1.82) is 0 Å². The molecule has 0 saturated carbocycles. The Morgan fingerprint density at radius 2 is 2.00 bits per heavy atom. The van der Waals surface area contributed by atoms with Gasteiger partial charge in [-0.1, -0.05) is 13.8 Å². The van der Waals surface area contributed by atoms with Crippen LogP contribution in [-0.4, -0.2) is 24.1 Å². The summed E-state index contributed by atoms with van der Waals surface area (Å²) in [6.45, 7) is 8.37. The lowest BCUT2D eigenvalue weighted by Crippen LogP contribution is -2.28. The van der Waals surface area contributed by atoms with Gasteiger partial charge in [-0.15, -0.1) is 0 Å². The second-order valence-corrected chi connectivity index (χ2v) is 6.79. The van der Waals surface area contributed by atoms with E-state index in [0.717, 1.165) is 38.0 Å². The Hall–Kier alpha value is -1.09. The number of carbonyl (C=O) groups excluding carboxylic acids is 1. The molecule has 0 fully saturated rings. The summed E-state index contributed by atoms with van der Waals surface area (Å²) in [5, 5.41) is 0. The van der Waals surface area contributed by atoms with Crippen LogP contribution in [0.2, 0.25) is 0 Å². The van der Waals surface area contributed by atoms with Crippen molar-refractivity contribution in [3.05, 3.63) is 23.0 Å². The number of fused-ring (bicyclic) bond motifs is 1. The van der Waals surface area contributed by atoms with Gasteiger partial charge in [-0.2, -0.15) is 0 Å². The summed E-state index contributed by atoms with van der Waals surface area (Å²) in [7, 11) is 1.75. The van der Waals surface area contributed by atoms with Gasteiger partial charge in [-0.3, -0.25) is 4.79 Å². The van der Waals surface area contributed by atoms with Crippen LogP contribution in [0.15, 0.2) is 6.07 Å². The molecule has 0 aliphatic heterocycles. The van der Waals surface area contributed by atoms with E-state index in [1.807, 2.05) is 0 Å². The molecule has 0 N–H and O–H groups in total. The van der Waals surface area contributed by atoms with Crippen LogP contribution in [0.1, 0.15) is 61.3 Å². The molecule has 3 nitrogen and oxygen atoms in total. The monoisotopic (exact) mass is 277 g/mol. The maximum atomic E-state index is 12.3. The van der Waals surface area contributed by atoms with Crippen LogP contribution in [-0.2, 0) is 17.7 Å². The molecule has 20 heavy (non-hydrogen) atoms. The van der Waals surface area contributed by atoms with Gasteiger partial charge in [0.1, 0.15) is 0 Å². The normalized spacial score (nSPS) is 17.3. The number of methoxy groups -OCH3 is 1. The average Bonchev–Trinajstić information content (AvgIpc) is 2.65. The molecular formula is C17H27NO2. The van der Waals surface area contributed by atoms with Crippen LogP contribution >= 0.6 is 0 Å². The van der Waals surface area contributed by atoms with Crippen molar-refractivity contribution in [2.24, 2.45) is 5.41 Å². The van der Waals surface area contributed by atoms with E-state index in [1.165, 1.54) is 17.8 Å². The summed E-state index contributed by atoms with van der Waals surface area (Å²) in [6.07, 6.45) is 5.14. The molecule has 3 heteroatoms. The van der Waals surface area contributed by atoms with Gasteiger partial charge in [0.2, 0.25) is 0 Å². The Morgan fingerprint density at radius 1 is 1.25 bits per heavy atom. The first-order chi connectivity index (χ1) is 9.44. The smallest absolute Gasteiger partial charge is 0.165 e. The minimum absolute atomic E-state index is 0.0999. The third-order valence-corrected chi connectivity index (χ3v) is 4.23. The molecule has 0 unspecified atom stereocenters. The fourth-order valence-corrected chi connectivity index (χ4v) is 3.21. The first kappa shape index (κ1) is 15.3. The van der Waals surface area contributed by atoms with E-state index in [2.05, 4.69) is 31.4 Å². The molecule has 0 saturated heterocycles. The van der Waals surface area contributed by atoms with Crippen molar-refractivity contribution < 1.29 is 9.53 Å². The Bertz CT molecular complexity index is 485. The third kappa shape index (κ3) is 3.32. The zero-order valence-electron chi connectivity index (χ0n) is 13.3. The largest absolute Gasteiger partial charge is 0.385 e. The molecule has 0 amide bonds. The van der Waals surface area contributed by atoms with E-state index in [9.17, 15) is 4.79 Å². The molecule has 0 atom stereocenters.